The Morgan fingerprint density at radius 3 is 2.94 bits per heavy atom. The van der Waals surface area contributed by atoms with Gasteiger partial charge < -0.3 is 5.32 Å². The zero-order chi connectivity index (χ0) is 13.0. The summed E-state index contributed by atoms with van der Waals surface area (Å²) < 4.78 is 3.16. The van der Waals surface area contributed by atoms with Crippen molar-refractivity contribution in [1.82, 2.24) is 15.1 Å². The summed E-state index contributed by atoms with van der Waals surface area (Å²) in [6.07, 6.45) is 1.95. The topological polar surface area (TPSA) is 29.9 Å². The molecule has 1 N–H and O–H groups in total. The monoisotopic (exact) mass is 307 g/mol. The van der Waals surface area contributed by atoms with Crippen LogP contribution in [0, 0.1) is 6.92 Å². The van der Waals surface area contributed by atoms with E-state index >= 15 is 0 Å². The van der Waals surface area contributed by atoms with Crippen molar-refractivity contribution in [3.8, 4) is 0 Å². The Bertz CT molecular complexity index is 520. The lowest BCUT2D eigenvalue weighted by Crippen LogP contribution is -2.12. The lowest BCUT2D eigenvalue weighted by Gasteiger charge is -2.06. The number of aromatic nitrogens is 2. The highest BCUT2D eigenvalue weighted by Gasteiger charge is 2.06. The Morgan fingerprint density at radius 2 is 2.22 bits per heavy atom. The first kappa shape index (κ1) is 13.3. The highest BCUT2D eigenvalue weighted by Crippen LogP contribution is 2.14. The molecule has 0 radical (unpaired) electrons. The van der Waals surface area contributed by atoms with Crippen molar-refractivity contribution in [1.29, 1.82) is 0 Å². The Kier molecular flexibility index (Phi) is 4.55. The van der Waals surface area contributed by atoms with E-state index in [4.69, 9.17) is 0 Å². The van der Waals surface area contributed by atoms with Gasteiger partial charge in [-0.1, -0.05) is 35.0 Å². The SMILES string of the molecule is CCNCc1cnn(Cc2cccc(Br)c2)c1C. The molecule has 96 valence electrons. The molecule has 0 atom stereocenters. The molecule has 1 aromatic carbocycles. The van der Waals surface area contributed by atoms with E-state index in [0.717, 1.165) is 24.1 Å². The van der Waals surface area contributed by atoms with Crippen molar-refractivity contribution in [3.63, 3.8) is 0 Å². The van der Waals surface area contributed by atoms with Gasteiger partial charge in [0.25, 0.3) is 0 Å². The van der Waals surface area contributed by atoms with Crippen molar-refractivity contribution in [2.75, 3.05) is 6.54 Å². The van der Waals surface area contributed by atoms with Crippen LogP contribution in [-0.4, -0.2) is 16.3 Å². The van der Waals surface area contributed by atoms with Gasteiger partial charge in [-0.3, -0.25) is 4.68 Å². The second-order valence-corrected chi connectivity index (χ2v) is 5.24. The first-order chi connectivity index (χ1) is 8.70. The van der Waals surface area contributed by atoms with E-state index in [1.54, 1.807) is 0 Å². The fourth-order valence-corrected chi connectivity index (χ4v) is 2.33. The van der Waals surface area contributed by atoms with Crippen LogP contribution in [0.25, 0.3) is 0 Å². The Hall–Kier alpha value is -1.13. The van der Waals surface area contributed by atoms with Gasteiger partial charge in [0, 0.05) is 22.3 Å². The average Bonchev–Trinajstić information content (AvgIpc) is 2.69. The maximum atomic E-state index is 4.45. The Morgan fingerprint density at radius 1 is 1.39 bits per heavy atom. The third-order valence-electron chi connectivity index (χ3n) is 2.99. The molecule has 0 saturated carbocycles. The number of rotatable bonds is 5. The molecule has 0 aliphatic heterocycles. The van der Waals surface area contributed by atoms with Crippen molar-refractivity contribution in [2.45, 2.75) is 26.9 Å². The molecular weight excluding hydrogens is 290 g/mol. The predicted molar refractivity (Wildman–Crippen MR) is 77.6 cm³/mol. The minimum atomic E-state index is 0.817. The minimum absolute atomic E-state index is 0.817. The number of hydrogen-bond acceptors (Lipinski definition) is 2. The van der Waals surface area contributed by atoms with E-state index in [2.05, 4.69) is 63.1 Å². The van der Waals surface area contributed by atoms with Gasteiger partial charge in [-0.15, -0.1) is 0 Å². The smallest absolute Gasteiger partial charge is 0.0662 e. The summed E-state index contributed by atoms with van der Waals surface area (Å²) in [7, 11) is 0. The molecule has 0 aliphatic carbocycles. The van der Waals surface area contributed by atoms with Gasteiger partial charge in [0.1, 0.15) is 0 Å². The molecule has 0 unspecified atom stereocenters. The van der Waals surface area contributed by atoms with Crippen LogP contribution in [0.2, 0.25) is 0 Å². The molecule has 2 aromatic rings. The fourth-order valence-electron chi connectivity index (χ4n) is 1.89. The van der Waals surface area contributed by atoms with Gasteiger partial charge in [0.2, 0.25) is 0 Å². The van der Waals surface area contributed by atoms with E-state index in [1.165, 1.54) is 16.8 Å². The molecule has 0 spiro atoms. The van der Waals surface area contributed by atoms with Crippen LogP contribution in [0.15, 0.2) is 34.9 Å². The Labute approximate surface area is 116 Å². The maximum absolute atomic E-state index is 4.45. The molecular formula is C14H18BrN3. The molecule has 4 heteroatoms. The van der Waals surface area contributed by atoms with Crippen LogP contribution in [0.1, 0.15) is 23.7 Å². The molecule has 0 bridgehead atoms. The first-order valence-corrected chi connectivity index (χ1v) is 6.96. The molecule has 2 rings (SSSR count). The lowest BCUT2D eigenvalue weighted by molar-refractivity contribution is 0.659. The second kappa shape index (κ2) is 6.16. The van der Waals surface area contributed by atoms with E-state index in [-0.39, 0.29) is 0 Å². The van der Waals surface area contributed by atoms with Crippen LogP contribution in [-0.2, 0) is 13.1 Å². The molecule has 1 heterocycles. The molecule has 0 saturated heterocycles. The number of nitrogens with one attached hydrogen (secondary N) is 1. The van der Waals surface area contributed by atoms with Crippen molar-refractivity contribution in [2.24, 2.45) is 0 Å². The van der Waals surface area contributed by atoms with Gasteiger partial charge in [0.05, 0.1) is 12.7 Å². The third kappa shape index (κ3) is 3.21. The summed E-state index contributed by atoms with van der Waals surface area (Å²) in [6.45, 7) is 6.92. The summed E-state index contributed by atoms with van der Waals surface area (Å²) in [4.78, 5) is 0. The normalized spacial score (nSPS) is 10.8. The highest BCUT2D eigenvalue weighted by molar-refractivity contribution is 9.10. The first-order valence-electron chi connectivity index (χ1n) is 6.17. The van der Waals surface area contributed by atoms with Gasteiger partial charge in [-0.25, -0.2) is 0 Å². The van der Waals surface area contributed by atoms with E-state index in [1.807, 2.05) is 12.3 Å². The summed E-state index contributed by atoms with van der Waals surface area (Å²) in [5.74, 6) is 0. The Balaban J connectivity index is 2.12. The van der Waals surface area contributed by atoms with E-state index in [9.17, 15) is 0 Å². The zero-order valence-electron chi connectivity index (χ0n) is 10.8. The van der Waals surface area contributed by atoms with Crippen molar-refractivity contribution < 1.29 is 0 Å². The summed E-state index contributed by atoms with van der Waals surface area (Å²) in [5, 5.41) is 7.79. The second-order valence-electron chi connectivity index (χ2n) is 4.32. The van der Waals surface area contributed by atoms with E-state index < -0.39 is 0 Å². The summed E-state index contributed by atoms with van der Waals surface area (Å²) in [5.41, 5.74) is 3.76. The van der Waals surface area contributed by atoms with Gasteiger partial charge in [-0.05, 0) is 31.2 Å². The van der Waals surface area contributed by atoms with Crippen LogP contribution in [0.5, 0.6) is 0 Å². The lowest BCUT2D eigenvalue weighted by atomic mass is 10.2. The van der Waals surface area contributed by atoms with Crippen molar-refractivity contribution >= 4 is 15.9 Å². The standard InChI is InChI=1S/C14H18BrN3/c1-3-16-8-13-9-17-18(11(13)2)10-12-5-4-6-14(15)7-12/h4-7,9,16H,3,8,10H2,1-2H3. The molecule has 3 nitrogen and oxygen atoms in total. The number of halogens is 1. The number of hydrogen-bond donors (Lipinski definition) is 1. The van der Waals surface area contributed by atoms with E-state index in [0.29, 0.717) is 0 Å². The van der Waals surface area contributed by atoms with Crippen LogP contribution in [0.4, 0.5) is 0 Å². The number of nitrogens with zero attached hydrogens (tertiary/aromatic N) is 2. The summed E-state index contributed by atoms with van der Waals surface area (Å²) in [6, 6.07) is 8.34. The third-order valence-corrected chi connectivity index (χ3v) is 3.48. The summed E-state index contributed by atoms with van der Waals surface area (Å²) >= 11 is 3.49. The average molecular weight is 308 g/mol. The van der Waals surface area contributed by atoms with Gasteiger partial charge >= 0.3 is 0 Å². The predicted octanol–water partition coefficient (Wildman–Crippen LogP) is 3.11. The van der Waals surface area contributed by atoms with Crippen LogP contribution >= 0.6 is 15.9 Å². The largest absolute Gasteiger partial charge is 0.313 e. The van der Waals surface area contributed by atoms with Crippen LogP contribution < -0.4 is 5.32 Å². The fraction of sp³-hybridized carbons (Fsp3) is 0.357. The molecule has 0 aliphatic rings. The van der Waals surface area contributed by atoms with Crippen molar-refractivity contribution in [3.05, 3.63) is 51.8 Å². The number of benzene rings is 1. The molecule has 1 aromatic heterocycles. The molecule has 0 amide bonds. The molecule has 0 fully saturated rings. The zero-order valence-corrected chi connectivity index (χ0v) is 12.4. The minimum Gasteiger partial charge on any atom is -0.313 e. The molecule has 18 heavy (non-hydrogen) atoms. The van der Waals surface area contributed by atoms with Crippen LogP contribution in [0.3, 0.4) is 0 Å². The van der Waals surface area contributed by atoms with Gasteiger partial charge in [0.15, 0.2) is 0 Å². The maximum Gasteiger partial charge on any atom is 0.0662 e. The highest BCUT2D eigenvalue weighted by atomic mass is 79.9. The quantitative estimate of drug-likeness (QED) is 0.920. The van der Waals surface area contributed by atoms with Gasteiger partial charge in [-0.2, -0.15) is 5.10 Å².